The maximum atomic E-state index is 10.5. The zero-order chi connectivity index (χ0) is 14.5. The molecule has 1 rings (SSSR count). The molecule has 0 aliphatic carbocycles. The summed E-state index contributed by atoms with van der Waals surface area (Å²) in [5.41, 5.74) is 1.84. The molecule has 1 N–H and O–H groups in total. The molecule has 0 aromatic carbocycles. The van der Waals surface area contributed by atoms with E-state index in [0.717, 1.165) is 12.7 Å². The van der Waals surface area contributed by atoms with Crippen LogP contribution in [-0.4, -0.2) is 11.3 Å². The van der Waals surface area contributed by atoms with Gasteiger partial charge in [-0.3, -0.25) is 4.79 Å². The topological polar surface area (TPSA) is 32.9 Å². The Labute approximate surface area is 123 Å². The molecule has 0 fully saturated rings. The number of allylic oxidation sites excluding steroid dienone is 2. The highest BCUT2D eigenvalue weighted by Crippen LogP contribution is 2.10. The Morgan fingerprint density at radius 1 is 1.00 bits per heavy atom. The largest absolute Gasteiger partial charge is 0.359 e. The van der Waals surface area contributed by atoms with E-state index in [9.17, 15) is 4.79 Å². The van der Waals surface area contributed by atoms with Gasteiger partial charge in [0.1, 0.15) is 0 Å². The van der Waals surface area contributed by atoms with Crippen LogP contribution >= 0.6 is 0 Å². The van der Waals surface area contributed by atoms with Crippen molar-refractivity contribution in [1.29, 1.82) is 0 Å². The van der Waals surface area contributed by atoms with Gasteiger partial charge in [-0.25, -0.2) is 0 Å². The molecule has 20 heavy (non-hydrogen) atoms. The van der Waals surface area contributed by atoms with E-state index in [-0.39, 0.29) is 0 Å². The lowest BCUT2D eigenvalue weighted by Crippen LogP contribution is -1.80. The van der Waals surface area contributed by atoms with Gasteiger partial charge in [0.15, 0.2) is 6.29 Å². The van der Waals surface area contributed by atoms with Crippen LogP contribution in [0.3, 0.4) is 0 Å². The molecule has 0 spiro atoms. The lowest BCUT2D eigenvalue weighted by atomic mass is 10.1. The molecule has 0 aliphatic heterocycles. The van der Waals surface area contributed by atoms with Crippen molar-refractivity contribution >= 4 is 6.29 Å². The number of hydrogen-bond donors (Lipinski definition) is 1. The normalized spacial score (nSPS) is 11.2. The third-order valence-electron chi connectivity index (χ3n) is 3.64. The van der Waals surface area contributed by atoms with Crippen LogP contribution in [0.1, 0.15) is 80.8 Å². The van der Waals surface area contributed by atoms with E-state index in [0.29, 0.717) is 5.69 Å². The van der Waals surface area contributed by atoms with Crippen LogP contribution < -0.4 is 0 Å². The van der Waals surface area contributed by atoms with Gasteiger partial charge in [0.05, 0.1) is 5.69 Å². The summed E-state index contributed by atoms with van der Waals surface area (Å²) >= 11 is 0. The average Bonchev–Trinajstić information content (AvgIpc) is 2.93. The van der Waals surface area contributed by atoms with Gasteiger partial charge in [-0.15, -0.1) is 0 Å². The number of carbonyl (C=O) groups excluding carboxylic acids is 1. The fourth-order valence-corrected chi connectivity index (χ4v) is 2.38. The van der Waals surface area contributed by atoms with Gasteiger partial charge in [0.25, 0.3) is 0 Å². The number of rotatable bonds is 12. The van der Waals surface area contributed by atoms with Crippen molar-refractivity contribution in [2.45, 2.75) is 71.1 Å². The second-order valence-electron chi connectivity index (χ2n) is 5.52. The number of carbonyl (C=O) groups is 1. The highest BCUT2D eigenvalue weighted by molar-refractivity contribution is 5.72. The summed E-state index contributed by atoms with van der Waals surface area (Å²) in [4.78, 5) is 13.5. The number of aldehydes is 1. The molecule has 0 aliphatic rings. The number of nitrogens with one attached hydrogen (secondary N) is 1. The van der Waals surface area contributed by atoms with Crippen molar-refractivity contribution in [2.75, 3.05) is 0 Å². The van der Waals surface area contributed by atoms with E-state index in [2.05, 4.69) is 24.1 Å². The molecule has 112 valence electrons. The minimum Gasteiger partial charge on any atom is -0.359 e. The molecule has 0 saturated heterocycles. The molecule has 0 unspecified atom stereocenters. The third-order valence-corrected chi connectivity index (χ3v) is 3.64. The Morgan fingerprint density at radius 3 is 2.35 bits per heavy atom. The van der Waals surface area contributed by atoms with Crippen molar-refractivity contribution in [3.8, 4) is 0 Å². The van der Waals surface area contributed by atoms with Crippen LogP contribution in [0.15, 0.2) is 24.4 Å². The molecule has 1 aromatic rings. The average molecular weight is 275 g/mol. The Hall–Kier alpha value is -1.31. The number of unbranched alkanes of at least 4 members (excludes halogenated alkanes) is 8. The second-order valence-corrected chi connectivity index (χ2v) is 5.52. The van der Waals surface area contributed by atoms with Gasteiger partial charge in [0.2, 0.25) is 0 Å². The molecular formula is C18H29NO. The first-order chi connectivity index (χ1) is 9.86. The summed E-state index contributed by atoms with van der Waals surface area (Å²) in [5, 5.41) is 0. The van der Waals surface area contributed by atoms with Gasteiger partial charge < -0.3 is 4.98 Å². The van der Waals surface area contributed by atoms with Crippen LogP contribution in [0.5, 0.6) is 0 Å². The van der Waals surface area contributed by atoms with E-state index in [1.165, 1.54) is 63.4 Å². The van der Waals surface area contributed by atoms with E-state index >= 15 is 0 Å². The first kappa shape index (κ1) is 16.7. The minimum absolute atomic E-state index is 0.663. The molecule has 0 radical (unpaired) electrons. The molecular weight excluding hydrogens is 246 g/mol. The van der Waals surface area contributed by atoms with Crippen molar-refractivity contribution in [3.05, 3.63) is 35.7 Å². The summed E-state index contributed by atoms with van der Waals surface area (Å²) in [6.45, 7) is 2.26. The number of aromatic nitrogens is 1. The monoisotopic (exact) mass is 275 g/mol. The summed E-state index contributed by atoms with van der Waals surface area (Å²) in [6.07, 6.45) is 20.3. The number of H-pyrrole nitrogens is 1. The molecule has 2 nitrogen and oxygen atoms in total. The first-order valence-electron chi connectivity index (χ1n) is 8.14. The highest BCUT2D eigenvalue weighted by atomic mass is 16.1. The maximum Gasteiger partial charge on any atom is 0.166 e. The predicted molar refractivity (Wildman–Crippen MR) is 86.3 cm³/mol. The van der Waals surface area contributed by atoms with Crippen molar-refractivity contribution in [3.63, 3.8) is 0 Å². The van der Waals surface area contributed by atoms with E-state index in [1.807, 2.05) is 12.3 Å². The molecule has 0 amide bonds. The van der Waals surface area contributed by atoms with Gasteiger partial charge in [-0.05, 0) is 30.9 Å². The van der Waals surface area contributed by atoms with Crippen LogP contribution in [0, 0.1) is 0 Å². The molecule has 0 atom stereocenters. The van der Waals surface area contributed by atoms with Gasteiger partial charge in [-0.1, -0.05) is 64.0 Å². The number of aromatic amines is 1. The zero-order valence-corrected chi connectivity index (χ0v) is 12.9. The van der Waals surface area contributed by atoms with Crippen LogP contribution in [0.25, 0.3) is 0 Å². The zero-order valence-electron chi connectivity index (χ0n) is 12.9. The maximum absolute atomic E-state index is 10.5. The second kappa shape index (κ2) is 11.5. The summed E-state index contributed by atoms with van der Waals surface area (Å²) < 4.78 is 0. The summed E-state index contributed by atoms with van der Waals surface area (Å²) in [5.74, 6) is 0. The van der Waals surface area contributed by atoms with Gasteiger partial charge in [0, 0.05) is 6.20 Å². The molecule has 0 saturated carbocycles. The molecule has 1 heterocycles. The van der Waals surface area contributed by atoms with Gasteiger partial charge in [-0.2, -0.15) is 0 Å². The Morgan fingerprint density at radius 2 is 1.70 bits per heavy atom. The molecule has 0 bridgehead atoms. The summed E-state index contributed by atoms with van der Waals surface area (Å²) in [6, 6.07) is 1.91. The standard InChI is InChI=1S/C18H29NO/c1-2-3-4-5-6-7-8-9-10-11-12-13-17-14-18(16-20)19-15-17/h11-12,14-16,19H,2-10,13H2,1H3. The van der Waals surface area contributed by atoms with Crippen LogP contribution in [-0.2, 0) is 6.42 Å². The van der Waals surface area contributed by atoms with Crippen molar-refractivity contribution in [1.82, 2.24) is 4.98 Å². The van der Waals surface area contributed by atoms with E-state index in [1.54, 1.807) is 0 Å². The van der Waals surface area contributed by atoms with Crippen molar-refractivity contribution < 1.29 is 4.79 Å². The van der Waals surface area contributed by atoms with E-state index < -0.39 is 0 Å². The first-order valence-corrected chi connectivity index (χ1v) is 8.14. The fourth-order valence-electron chi connectivity index (χ4n) is 2.38. The summed E-state index contributed by atoms with van der Waals surface area (Å²) in [7, 11) is 0. The quantitative estimate of drug-likeness (QED) is 0.307. The Balaban J connectivity index is 1.93. The van der Waals surface area contributed by atoms with Gasteiger partial charge >= 0.3 is 0 Å². The SMILES string of the molecule is CCCCCCCCCCC=CCc1c[nH]c(C=O)c1. The lowest BCUT2D eigenvalue weighted by Gasteiger charge is -1.99. The Bertz CT molecular complexity index is 379. The van der Waals surface area contributed by atoms with Crippen molar-refractivity contribution in [2.24, 2.45) is 0 Å². The third kappa shape index (κ3) is 7.98. The smallest absolute Gasteiger partial charge is 0.166 e. The minimum atomic E-state index is 0.663. The fraction of sp³-hybridized carbons (Fsp3) is 0.611. The highest BCUT2D eigenvalue weighted by Gasteiger charge is 1.95. The van der Waals surface area contributed by atoms with E-state index in [4.69, 9.17) is 0 Å². The Kier molecular flexibility index (Phi) is 9.64. The lowest BCUT2D eigenvalue weighted by molar-refractivity contribution is 0.111. The molecule has 1 aromatic heterocycles. The predicted octanol–water partition coefficient (Wildman–Crippen LogP) is 5.46. The number of hydrogen-bond acceptors (Lipinski definition) is 1. The van der Waals surface area contributed by atoms with Crippen LogP contribution in [0.2, 0.25) is 0 Å². The molecule has 2 heteroatoms. The van der Waals surface area contributed by atoms with Crippen LogP contribution in [0.4, 0.5) is 0 Å².